The fraction of sp³-hybridized carbons (Fsp3) is 0.438. The molecule has 0 aromatic heterocycles. The number of anilines is 1. The fourth-order valence-corrected chi connectivity index (χ4v) is 2.19. The maximum Gasteiger partial charge on any atom is 0.243 e. The van der Waals surface area contributed by atoms with Gasteiger partial charge in [0.25, 0.3) is 0 Å². The van der Waals surface area contributed by atoms with Crippen molar-refractivity contribution >= 4 is 11.6 Å². The lowest BCUT2D eigenvalue weighted by Crippen LogP contribution is -2.40. The number of carbonyl (C=O) groups is 1. The highest BCUT2D eigenvalue weighted by Gasteiger charge is 2.25. The van der Waals surface area contributed by atoms with Crippen molar-refractivity contribution in [2.45, 2.75) is 38.3 Å². The van der Waals surface area contributed by atoms with Crippen molar-refractivity contribution in [1.29, 1.82) is 0 Å². The molecular weight excluding hydrogens is 252 g/mol. The van der Waals surface area contributed by atoms with E-state index in [4.69, 9.17) is 5.73 Å². The second kappa shape index (κ2) is 5.28. The van der Waals surface area contributed by atoms with E-state index in [0.29, 0.717) is 6.42 Å². The van der Waals surface area contributed by atoms with Gasteiger partial charge in [0, 0.05) is 18.3 Å². The first-order chi connectivity index (χ1) is 9.28. The molecule has 1 aromatic rings. The standard InChI is InChI=1S/C16H20N2O2/c1-16(2,20)9-8-11-4-5-12-6-7-13(17)15(19)18(3)14(12)10-11/h4-5,10,13,20H,6-7,17H2,1-3H3/t13-/m0/s1. The highest BCUT2D eigenvalue weighted by molar-refractivity contribution is 5.98. The fourth-order valence-electron chi connectivity index (χ4n) is 2.19. The Hall–Kier alpha value is -1.83. The average Bonchev–Trinajstić information content (AvgIpc) is 2.49. The first-order valence-electron chi connectivity index (χ1n) is 6.69. The zero-order valence-corrected chi connectivity index (χ0v) is 12.1. The van der Waals surface area contributed by atoms with Crippen LogP contribution in [0.3, 0.4) is 0 Å². The summed E-state index contributed by atoms with van der Waals surface area (Å²) < 4.78 is 0. The van der Waals surface area contributed by atoms with Crippen LogP contribution in [0.4, 0.5) is 5.69 Å². The van der Waals surface area contributed by atoms with E-state index < -0.39 is 11.6 Å². The maximum absolute atomic E-state index is 12.1. The second-order valence-electron chi connectivity index (χ2n) is 5.69. The first kappa shape index (κ1) is 14.6. The molecule has 3 N–H and O–H groups in total. The second-order valence-corrected chi connectivity index (χ2v) is 5.69. The number of hydrogen-bond donors (Lipinski definition) is 2. The monoisotopic (exact) mass is 272 g/mol. The van der Waals surface area contributed by atoms with Crippen molar-refractivity contribution in [3.05, 3.63) is 29.3 Å². The number of nitrogens with zero attached hydrogens (tertiary/aromatic N) is 1. The van der Waals surface area contributed by atoms with Gasteiger partial charge in [0.1, 0.15) is 5.60 Å². The predicted molar refractivity (Wildman–Crippen MR) is 79.3 cm³/mol. The van der Waals surface area contributed by atoms with Crippen molar-refractivity contribution in [3.8, 4) is 11.8 Å². The summed E-state index contributed by atoms with van der Waals surface area (Å²) in [6.45, 7) is 3.27. The zero-order valence-electron chi connectivity index (χ0n) is 12.1. The summed E-state index contributed by atoms with van der Waals surface area (Å²) in [7, 11) is 1.74. The third kappa shape index (κ3) is 3.19. The molecule has 1 aliphatic rings. The van der Waals surface area contributed by atoms with Crippen molar-refractivity contribution in [1.82, 2.24) is 0 Å². The SMILES string of the molecule is CN1C(=O)[C@@H](N)CCc2ccc(C#CC(C)(C)O)cc21. The number of aliphatic hydroxyl groups is 1. The minimum absolute atomic E-state index is 0.0728. The lowest BCUT2D eigenvalue weighted by Gasteiger charge is -2.19. The van der Waals surface area contributed by atoms with E-state index in [0.717, 1.165) is 23.2 Å². The number of likely N-dealkylation sites (N-methyl/N-ethyl adjacent to an activating group) is 1. The van der Waals surface area contributed by atoms with Gasteiger partial charge in [0.05, 0.1) is 6.04 Å². The van der Waals surface area contributed by atoms with Crippen molar-refractivity contribution in [3.63, 3.8) is 0 Å². The van der Waals surface area contributed by atoms with Crippen LogP contribution < -0.4 is 10.6 Å². The highest BCUT2D eigenvalue weighted by atomic mass is 16.3. The third-order valence-electron chi connectivity index (χ3n) is 3.33. The normalized spacial score (nSPS) is 18.9. The molecule has 0 fully saturated rings. The number of carbonyl (C=O) groups excluding carboxylic acids is 1. The quantitative estimate of drug-likeness (QED) is 0.694. The minimum atomic E-state index is -1.03. The molecular formula is C16H20N2O2. The van der Waals surface area contributed by atoms with Crippen LogP contribution in [0.5, 0.6) is 0 Å². The van der Waals surface area contributed by atoms with Crippen LogP contribution in [0.1, 0.15) is 31.4 Å². The third-order valence-corrected chi connectivity index (χ3v) is 3.33. The van der Waals surface area contributed by atoms with Crippen LogP contribution >= 0.6 is 0 Å². The molecule has 0 saturated carbocycles. The molecule has 1 amide bonds. The van der Waals surface area contributed by atoms with Crippen LogP contribution in [0.25, 0.3) is 0 Å². The van der Waals surface area contributed by atoms with Gasteiger partial charge in [-0.3, -0.25) is 4.79 Å². The molecule has 2 rings (SSSR count). The Labute approximate surface area is 119 Å². The van der Waals surface area contributed by atoms with Gasteiger partial charge in [-0.25, -0.2) is 0 Å². The van der Waals surface area contributed by atoms with Gasteiger partial charge in [-0.1, -0.05) is 17.9 Å². The number of amides is 1. The lowest BCUT2D eigenvalue weighted by atomic mass is 10.0. The zero-order chi connectivity index (χ0) is 14.9. The number of hydrogen-bond acceptors (Lipinski definition) is 3. The highest BCUT2D eigenvalue weighted by Crippen LogP contribution is 2.26. The number of aryl methyl sites for hydroxylation is 1. The predicted octanol–water partition coefficient (Wildman–Crippen LogP) is 1.05. The largest absolute Gasteiger partial charge is 0.378 e. The van der Waals surface area contributed by atoms with E-state index in [9.17, 15) is 9.90 Å². The van der Waals surface area contributed by atoms with E-state index in [1.807, 2.05) is 18.2 Å². The van der Waals surface area contributed by atoms with Crippen LogP contribution in [0.2, 0.25) is 0 Å². The van der Waals surface area contributed by atoms with Crippen LogP contribution in [0.15, 0.2) is 18.2 Å². The minimum Gasteiger partial charge on any atom is -0.378 e. The summed E-state index contributed by atoms with van der Waals surface area (Å²) in [6, 6.07) is 5.32. The Morgan fingerprint density at radius 3 is 2.80 bits per heavy atom. The Balaban J connectivity index is 2.40. The van der Waals surface area contributed by atoms with Gasteiger partial charge in [-0.15, -0.1) is 0 Å². The summed E-state index contributed by atoms with van der Waals surface area (Å²) in [5.74, 6) is 5.63. The van der Waals surface area contributed by atoms with Crippen LogP contribution in [0, 0.1) is 11.8 Å². The molecule has 0 radical (unpaired) electrons. The molecule has 0 bridgehead atoms. The molecule has 106 valence electrons. The van der Waals surface area contributed by atoms with Crippen LogP contribution in [-0.2, 0) is 11.2 Å². The molecule has 20 heavy (non-hydrogen) atoms. The number of fused-ring (bicyclic) bond motifs is 1. The van der Waals surface area contributed by atoms with Gasteiger partial charge in [-0.05, 0) is 44.4 Å². The summed E-state index contributed by atoms with van der Waals surface area (Å²) in [4.78, 5) is 13.7. The Morgan fingerprint density at radius 1 is 1.45 bits per heavy atom. The van der Waals surface area contributed by atoms with E-state index in [1.54, 1.807) is 25.8 Å². The molecule has 4 heteroatoms. The Bertz CT molecular complexity index is 591. The molecule has 0 spiro atoms. The molecule has 4 nitrogen and oxygen atoms in total. The average molecular weight is 272 g/mol. The summed E-state index contributed by atoms with van der Waals surface area (Å²) >= 11 is 0. The molecule has 1 aromatic carbocycles. The summed E-state index contributed by atoms with van der Waals surface area (Å²) in [6.07, 6.45) is 1.44. The number of benzene rings is 1. The summed E-state index contributed by atoms with van der Waals surface area (Å²) in [5.41, 5.74) is 7.55. The maximum atomic E-state index is 12.1. The van der Waals surface area contributed by atoms with Gasteiger partial charge in [0.15, 0.2) is 0 Å². The number of nitrogens with two attached hydrogens (primary N) is 1. The van der Waals surface area contributed by atoms with Gasteiger partial charge >= 0.3 is 0 Å². The number of rotatable bonds is 0. The molecule has 0 saturated heterocycles. The van der Waals surface area contributed by atoms with Crippen molar-refractivity contribution < 1.29 is 9.90 Å². The van der Waals surface area contributed by atoms with E-state index >= 15 is 0 Å². The van der Waals surface area contributed by atoms with E-state index in [-0.39, 0.29) is 5.91 Å². The van der Waals surface area contributed by atoms with Crippen molar-refractivity contribution in [2.75, 3.05) is 11.9 Å². The van der Waals surface area contributed by atoms with E-state index in [1.165, 1.54) is 0 Å². The van der Waals surface area contributed by atoms with Gasteiger partial charge < -0.3 is 15.7 Å². The smallest absolute Gasteiger partial charge is 0.243 e. The van der Waals surface area contributed by atoms with Gasteiger partial charge in [0.2, 0.25) is 5.91 Å². The summed E-state index contributed by atoms with van der Waals surface area (Å²) in [5, 5.41) is 9.64. The Kier molecular flexibility index (Phi) is 3.85. The van der Waals surface area contributed by atoms with Crippen LogP contribution in [-0.4, -0.2) is 29.7 Å². The lowest BCUT2D eigenvalue weighted by molar-refractivity contribution is -0.119. The molecule has 0 aliphatic carbocycles. The van der Waals surface area contributed by atoms with Crippen molar-refractivity contribution in [2.24, 2.45) is 5.73 Å². The van der Waals surface area contributed by atoms with Gasteiger partial charge in [-0.2, -0.15) is 0 Å². The topological polar surface area (TPSA) is 66.6 Å². The molecule has 1 atom stereocenters. The molecule has 1 heterocycles. The Morgan fingerprint density at radius 2 is 2.15 bits per heavy atom. The molecule has 0 unspecified atom stereocenters. The van der Waals surface area contributed by atoms with E-state index in [2.05, 4.69) is 11.8 Å². The first-order valence-corrected chi connectivity index (χ1v) is 6.69. The molecule has 1 aliphatic heterocycles.